The van der Waals surface area contributed by atoms with Crippen LogP contribution in [-0.4, -0.2) is 41.7 Å². The lowest BCUT2D eigenvalue weighted by Gasteiger charge is -2.32. The van der Waals surface area contributed by atoms with Gasteiger partial charge in [0, 0.05) is 19.7 Å². The minimum absolute atomic E-state index is 0.111. The summed E-state index contributed by atoms with van der Waals surface area (Å²) in [6.45, 7) is 4.36. The zero-order chi connectivity index (χ0) is 14.4. The van der Waals surface area contributed by atoms with Gasteiger partial charge in [0.15, 0.2) is 0 Å². The summed E-state index contributed by atoms with van der Waals surface area (Å²) in [5.41, 5.74) is 0.853. The van der Waals surface area contributed by atoms with E-state index in [1.54, 1.807) is 18.2 Å². The van der Waals surface area contributed by atoms with Crippen LogP contribution in [0.1, 0.15) is 31.7 Å². The van der Waals surface area contributed by atoms with Gasteiger partial charge in [0.25, 0.3) is 0 Å². The van der Waals surface area contributed by atoms with Crippen LogP contribution >= 0.6 is 0 Å². The number of likely N-dealkylation sites (tertiary alicyclic amines) is 1. The minimum atomic E-state index is 0.111. The van der Waals surface area contributed by atoms with E-state index in [-0.39, 0.29) is 17.8 Å². The Bertz CT molecular complexity index is 447. The van der Waals surface area contributed by atoms with Gasteiger partial charge in [-0.05, 0) is 37.0 Å². The SMILES string of the molecule is CCCO[C@@H]1CCCN(C(=O)Cc2cccc(O)c2)C1. The van der Waals surface area contributed by atoms with E-state index >= 15 is 0 Å². The van der Waals surface area contributed by atoms with Gasteiger partial charge in [0.05, 0.1) is 12.5 Å². The van der Waals surface area contributed by atoms with E-state index in [0.29, 0.717) is 13.0 Å². The number of aromatic hydroxyl groups is 1. The fraction of sp³-hybridized carbons (Fsp3) is 0.562. The normalized spacial score (nSPS) is 19.1. The molecule has 1 aliphatic rings. The van der Waals surface area contributed by atoms with E-state index in [1.807, 2.05) is 11.0 Å². The maximum absolute atomic E-state index is 12.3. The molecular formula is C16H23NO3. The van der Waals surface area contributed by atoms with Gasteiger partial charge < -0.3 is 14.7 Å². The van der Waals surface area contributed by atoms with Crippen LogP contribution in [0.4, 0.5) is 0 Å². The molecule has 1 N–H and O–H groups in total. The van der Waals surface area contributed by atoms with Crippen molar-refractivity contribution in [1.29, 1.82) is 0 Å². The average molecular weight is 277 g/mol. The van der Waals surface area contributed by atoms with Crippen molar-refractivity contribution in [3.8, 4) is 5.75 Å². The molecule has 1 heterocycles. The lowest BCUT2D eigenvalue weighted by Crippen LogP contribution is -2.44. The molecule has 1 aromatic carbocycles. The molecule has 1 amide bonds. The summed E-state index contributed by atoms with van der Waals surface area (Å²) < 4.78 is 5.75. The second-order valence-corrected chi connectivity index (χ2v) is 5.32. The Morgan fingerprint density at radius 1 is 1.50 bits per heavy atom. The van der Waals surface area contributed by atoms with Crippen LogP contribution in [0.15, 0.2) is 24.3 Å². The molecule has 2 rings (SSSR count). The van der Waals surface area contributed by atoms with Crippen molar-refractivity contribution in [2.45, 2.75) is 38.7 Å². The number of rotatable bonds is 5. The third-order valence-electron chi connectivity index (χ3n) is 3.55. The van der Waals surface area contributed by atoms with E-state index in [2.05, 4.69) is 6.92 Å². The van der Waals surface area contributed by atoms with Crippen molar-refractivity contribution in [2.75, 3.05) is 19.7 Å². The molecule has 0 aliphatic carbocycles. The van der Waals surface area contributed by atoms with Gasteiger partial charge in [-0.1, -0.05) is 19.1 Å². The average Bonchev–Trinajstić information content (AvgIpc) is 2.45. The number of nitrogens with zero attached hydrogens (tertiary/aromatic N) is 1. The number of carbonyl (C=O) groups excluding carboxylic acids is 1. The van der Waals surface area contributed by atoms with Gasteiger partial charge in [-0.3, -0.25) is 4.79 Å². The molecule has 0 unspecified atom stereocenters. The van der Waals surface area contributed by atoms with Gasteiger partial charge in [-0.25, -0.2) is 0 Å². The number of carbonyl (C=O) groups is 1. The van der Waals surface area contributed by atoms with Gasteiger partial charge in [0.2, 0.25) is 5.91 Å². The van der Waals surface area contributed by atoms with Gasteiger partial charge in [0.1, 0.15) is 5.75 Å². The fourth-order valence-corrected chi connectivity index (χ4v) is 2.54. The Hall–Kier alpha value is -1.55. The highest BCUT2D eigenvalue weighted by molar-refractivity contribution is 5.79. The van der Waals surface area contributed by atoms with Gasteiger partial charge in [-0.15, -0.1) is 0 Å². The third kappa shape index (κ3) is 4.23. The van der Waals surface area contributed by atoms with Crippen LogP contribution in [0.2, 0.25) is 0 Å². The molecule has 0 bridgehead atoms. The van der Waals surface area contributed by atoms with E-state index in [9.17, 15) is 9.90 Å². The van der Waals surface area contributed by atoms with Gasteiger partial charge in [-0.2, -0.15) is 0 Å². The molecule has 4 nitrogen and oxygen atoms in total. The first-order valence-electron chi connectivity index (χ1n) is 7.36. The summed E-state index contributed by atoms with van der Waals surface area (Å²) in [5.74, 6) is 0.318. The second kappa shape index (κ2) is 7.29. The molecule has 1 fully saturated rings. The van der Waals surface area contributed by atoms with Crippen LogP contribution in [0, 0.1) is 0 Å². The van der Waals surface area contributed by atoms with E-state index in [1.165, 1.54) is 0 Å². The van der Waals surface area contributed by atoms with Crippen LogP contribution in [0.3, 0.4) is 0 Å². The van der Waals surface area contributed by atoms with Crippen molar-refractivity contribution in [3.05, 3.63) is 29.8 Å². The molecule has 4 heteroatoms. The van der Waals surface area contributed by atoms with Crippen LogP contribution in [-0.2, 0) is 16.0 Å². The number of phenols is 1. The van der Waals surface area contributed by atoms with Crippen LogP contribution in [0.5, 0.6) is 5.75 Å². The number of ether oxygens (including phenoxy) is 1. The lowest BCUT2D eigenvalue weighted by molar-refractivity contribution is -0.134. The summed E-state index contributed by atoms with van der Waals surface area (Å²) in [4.78, 5) is 14.2. The fourth-order valence-electron chi connectivity index (χ4n) is 2.54. The Balaban J connectivity index is 1.88. The second-order valence-electron chi connectivity index (χ2n) is 5.32. The number of hydrogen-bond acceptors (Lipinski definition) is 3. The molecule has 1 saturated heterocycles. The monoisotopic (exact) mass is 277 g/mol. The Morgan fingerprint density at radius 2 is 2.35 bits per heavy atom. The highest BCUT2D eigenvalue weighted by atomic mass is 16.5. The van der Waals surface area contributed by atoms with Gasteiger partial charge >= 0.3 is 0 Å². The third-order valence-corrected chi connectivity index (χ3v) is 3.55. The minimum Gasteiger partial charge on any atom is -0.508 e. The van der Waals surface area contributed by atoms with Crippen molar-refractivity contribution in [2.24, 2.45) is 0 Å². The summed E-state index contributed by atoms with van der Waals surface area (Å²) in [6.07, 6.45) is 3.57. The Labute approximate surface area is 120 Å². The first kappa shape index (κ1) is 14.9. The Kier molecular flexibility index (Phi) is 5.41. The Morgan fingerprint density at radius 3 is 3.10 bits per heavy atom. The van der Waals surface area contributed by atoms with Crippen molar-refractivity contribution in [1.82, 2.24) is 4.90 Å². The van der Waals surface area contributed by atoms with Crippen LogP contribution < -0.4 is 0 Å². The largest absolute Gasteiger partial charge is 0.508 e. The zero-order valence-corrected chi connectivity index (χ0v) is 12.0. The maximum atomic E-state index is 12.3. The molecule has 0 spiro atoms. The summed E-state index contributed by atoms with van der Waals surface area (Å²) in [7, 11) is 0. The first-order valence-corrected chi connectivity index (χ1v) is 7.36. The number of amides is 1. The molecule has 1 aliphatic heterocycles. The smallest absolute Gasteiger partial charge is 0.227 e. The number of phenolic OH excluding ortho intramolecular Hbond substituents is 1. The lowest BCUT2D eigenvalue weighted by atomic mass is 10.1. The van der Waals surface area contributed by atoms with E-state index in [0.717, 1.165) is 38.0 Å². The summed E-state index contributed by atoms with van der Waals surface area (Å²) in [5, 5.41) is 9.43. The molecule has 1 aromatic rings. The summed E-state index contributed by atoms with van der Waals surface area (Å²) in [6, 6.07) is 6.89. The molecule has 0 radical (unpaired) electrons. The molecule has 1 atom stereocenters. The predicted octanol–water partition coefficient (Wildman–Crippen LogP) is 2.35. The number of benzene rings is 1. The molecule has 110 valence electrons. The van der Waals surface area contributed by atoms with Crippen molar-refractivity contribution in [3.63, 3.8) is 0 Å². The van der Waals surface area contributed by atoms with Crippen LogP contribution in [0.25, 0.3) is 0 Å². The number of piperidine rings is 1. The highest BCUT2D eigenvalue weighted by Crippen LogP contribution is 2.16. The standard InChI is InChI=1S/C16H23NO3/c1-2-9-20-15-7-4-8-17(12-15)16(19)11-13-5-3-6-14(18)10-13/h3,5-6,10,15,18H,2,4,7-9,11-12H2,1H3/t15-/m1/s1. The summed E-state index contributed by atoms with van der Waals surface area (Å²) >= 11 is 0. The quantitative estimate of drug-likeness (QED) is 0.899. The highest BCUT2D eigenvalue weighted by Gasteiger charge is 2.23. The molecular weight excluding hydrogens is 254 g/mol. The molecule has 0 aromatic heterocycles. The molecule has 20 heavy (non-hydrogen) atoms. The van der Waals surface area contributed by atoms with E-state index in [4.69, 9.17) is 4.74 Å². The first-order chi connectivity index (χ1) is 9.69. The van der Waals surface area contributed by atoms with E-state index < -0.39 is 0 Å². The van der Waals surface area contributed by atoms with Crippen molar-refractivity contribution < 1.29 is 14.6 Å². The maximum Gasteiger partial charge on any atom is 0.227 e. The topological polar surface area (TPSA) is 49.8 Å². The predicted molar refractivity (Wildman–Crippen MR) is 77.7 cm³/mol. The zero-order valence-electron chi connectivity index (χ0n) is 12.0. The van der Waals surface area contributed by atoms with Crippen molar-refractivity contribution >= 4 is 5.91 Å². The molecule has 0 saturated carbocycles. The number of hydrogen-bond donors (Lipinski definition) is 1.